The van der Waals surface area contributed by atoms with E-state index in [9.17, 15) is 14.0 Å². The van der Waals surface area contributed by atoms with Crippen LogP contribution in [-0.4, -0.2) is 42.0 Å². The fraction of sp³-hybridized carbons (Fsp3) is 0.261. The molecule has 0 aliphatic carbocycles. The maximum absolute atomic E-state index is 13.0. The maximum atomic E-state index is 13.0. The number of carbonyl (C=O) groups is 2. The number of benzene rings is 1. The van der Waals surface area contributed by atoms with Crippen molar-refractivity contribution < 1.29 is 18.7 Å². The topological polar surface area (TPSA) is 71.5 Å². The van der Waals surface area contributed by atoms with Crippen molar-refractivity contribution in [3.63, 3.8) is 0 Å². The molecule has 0 saturated carbocycles. The standard InChI is InChI=1S/C23H24FN3O3S/c1-14(2)27(3)13-17-10-11-18-20(21(23(29)30-4)31-22(18)25-17)26-19(28)12-7-15-5-8-16(24)9-6-15/h5-12,14H,13H2,1-4H3,(H,26,28)/b12-7+. The van der Waals surface area contributed by atoms with E-state index in [1.807, 2.05) is 19.2 Å². The molecular weight excluding hydrogens is 417 g/mol. The number of nitrogens with zero attached hydrogens (tertiary/aromatic N) is 2. The van der Waals surface area contributed by atoms with Crippen molar-refractivity contribution in [2.24, 2.45) is 0 Å². The molecule has 31 heavy (non-hydrogen) atoms. The molecule has 0 saturated heterocycles. The first-order valence-electron chi connectivity index (χ1n) is 9.74. The Kier molecular flexibility index (Phi) is 7.14. The number of aromatic nitrogens is 1. The van der Waals surface area contributed by atoms with Gasteiger partial charge in [-0.25, -0.2) is 14.2 Å². The van der Waals surface area contributed by atoms with Gasteiger partial charge in [-0.05, 0) is 56.8 Å². The first kappa shape index (κ1) is 22.6. The van der Waals surface area contributed by atoms with Gasteiger partial charge in [0.25, 0.3) is 0 Å². The predicted molar refractivity (Wildman–Crippen MR) is 122 cm³/mol. The zero-order valence-corrected chi connectivity index (χ0v) is 18.6. The lowest BCUT2D eigenvalue weighted by Crippen LogP contribution is -2.25. The highest BCUT2D eigenvalue weighted by molar-refractivity contribution is 7.21. The minimum Gasteiger partial charge on any atom is -0.465 e. The van der Waals surface area contributed by atoms with Gasteiger partial charge in [0.1, 0.15) is 15.5 Å². The Hall–Kier alpha value is -3.10. The summed E-state index contributed by atoms with van der Waals surface area (Å²) in [5, 5.41) is 3.44. The molecule has 2 aromatic heterocycles. The number of hydrogen-bond donors (Lipinski definition) is 1. The molecule has 162 valence electrons. The van der Waals surface area contributed by atoms with E-state index in [1.54, 1.807) is 18.2 Å². The van der Waals surface area contributed by atoms with Gasteiger partial charge < -0.3 is 10.1 Å². The number of esters is 1. The lowest BCUT2D eigenvalue weighted by Gasteiger charge is -2.20. The largest absolute Gasteiger partial charge is 0.465 e. The molecule has 3 aromatic rings. The number of halogens is 1. The number of hydrogen-bond acceptors (Lipinski definition) is 6. The Labute approximate surface area is 184 Å². The van der Waals surface area contributed by atoms with Gasteiger partial charge >= 0.3 is 5.97 Å². The second-order valence-corrected chi connectivity index (χ2v) is 8.34. The second kappa shape index (κ2) is 9.80. The second-order valence-electron chi connectivity index (χ2n) is 7.34. The van der Waals surface area contributed by atoms with Crippen molar-refractivity contribution in [2.45, 2.75) is 26.4 Å². The number of rotatable bonds is 7. The molecule has 2 heterocycles. The van der Waals surface area contributed by atoms with Gasteiger partial charge in [-0.3, -0.25) is 9.69 Å². The van der Waals surface area contributed by atoms with Crippen molar-refractivity contribution in [3.05, 3.63) is 64.4 Å². The summed E-state index contributed by atoms with van der Waals surface area (Å²) in [5.74, 6) is -1.31. The first-order valence-corrected chi connectivity index (χ1v) is 10.6. The van der Waals surface area contributed by atoms with Crippen molar-refractivity contribution in [1.29, 1.82) is 0 Å². The Morgan fingerprint density at radius 2 is 1.94 bits per heavy atom. The van der Waals surface area contributed by atoms with Crippen LogP contribution in [0.2, 0.25) is 0 Å². The zero-order chi connectivity index (χ0) is 22.5. The van der Waals surface area contributed by atoms with E-state index in [0.717, 1.165) is 5.69 Å². The smallest absolute Gasteiger partial charge is 0.350 e. The lowest BCUT2D eigenvalue weighted by molar-refractivity contribution is -0.111. The highest BCUT2D eigenvalue weighted by atomic mass is 32.1. The third-order valence-corrected chi connectivity index (χ3v) is 5.90. The highest BCUT2D eigenvalue weighted by Crippen LogP contribution is 2.35. The number of anilines is 1. The van der Waals surface area contributed by atoms with Crippen molar-refractivity contribution in [1.82, 2.24) is 9.88 Å². The molecule has 0 unspecified atom stereocenters. The number of pyridine rings is 1. The van der Waals surface area contributed by atoms with Gasteiger partial charge in [-0.15, -0.1) is 11.3 Å². The molecular formula is C23H24FN3O3S. The molecule has 6 nitrogen and oxygen atoms in total. The molecule has 0 aliphatic heterocycles. The van der Waals surface area contributed by atoms with Crippen LogP contribution in [0.25, 0.3) is 16.3 Å². The van der Waals surface area contributed by atoms with E-state index in [2.05, 4.69) is 29.0 Å². The van der Waals surface area contributed by atoms with Gasteiger partial charge in [0, 0.05) is 24.0 Å². The Morgan fingerprint density at radius 1 is 1.23 bits per heavy atom. The third-order valence-electron chi connectivity index (χ3n) is 4.82. The van der Waals surface area contributed by atoms with E-state index < -0.39 is 11.9 Å². The van der Waals surface area contributed by atoms with E-state index in [-0.39, 0.29) is 10.7 Å². The molecule has 0 bridgehead atoms. The van der Waals surface area contributed by atoms with Gasteiger partial charge in [-0.2, -0.15) is 0 Å². The van der Waals surface area contributed by atoms with Crippen LogP contribution in [0.4, 0.5) is 10.1 Å². The average Bonchev–Trinajstić information content (AvgIpc) is 3.10. The summed E-state index contributed by atoms with van der Waals surface area (Å²) in [7, 11) is 3.31. The molecule has 3 rings (SSSR count). The number of methoxy groups -OCH3 is 1. The Bertz CT molecular complexity index is 1120. The number of fused-ring (bicyclic) bond motifs is 1. The number of ether oxygens (including phenoxy) is 1. The highest BCUT2D eigenvalue weighted by Gasteiger charge is 2.21. The minimum absolute atomic E-state index is 0.280. The van der Waals surface area contributed by atoms with Gasteiger partial charge in [0.2, 0.25) is 5.91 Å². The average molecular weight is 442 g/mol. The van der Waals surface area contributed by atoms with E-state index >= 15 is 0 Å². The quantitative estimate of drug-likeness (QED) is 0.425. The van der Waals surface area contributed by atoms with Crippen LogP contribution >= 0.6 is 11.3 Å². The molecule has 8 heteroatoms. The molecule has 0 atom stereocenters. The van der Waals surface area contributed by atoms with Gasteiger partial charge in [0.15, 0.2) is 0 Å². The minimum atomic E-state index is -0.540. The first-order chi connectivity index (χ1) is 14.8. The molecule has 1 N–H and O–H groups in total. The maximum Gasteiger partial charge on any atom is 0.350 e. The van der Waals surface area contributed by atoms with Crippen LogP contribution < -0.4 is 5.32 Å². The van der Waals surface area contributed by atoms with Crippen LogP contribution in [0.15, 0.2) is 42.5 Å². The molecule has 0 aliphatic rings. The Balaban J connectivity index is 1.89. The summed E-state index contributed by atoms with van der Waals surface area (Å²) >= 11 is 1.18. The molecule has 1 aromatic carbocycles. The summed E-state index contributed by atoms with van der Waals surface area (Å²) in [5.41, 5.74) is 1.92. The van der Waals surface area contributed by atoms with Crippen molar-refractivity contribution >= 4 is 45.2 Å². The van der Waals surface area contributed by atoms with Crippen LogP contribution in [0.5, 0.6) is 0 Å². The van der Waals surface area contributed by atoms with Crippen molar-refractivity contribution in [2.75, 3.05) is 19.5 Å². The lowest BCUT2D eigenvalue weighted by atomic mass is 10.2. The summed E-state index contributed by atoms with van der Waals surface area (Å²) in [6.45, 7) is 4.87. The van der Waals surface area contributed by atoms with Crippen LogP contribution in [-0.2, 0) is 16.1 Å². The number of nitrogens with one attached hydrogen (secondary N) is 1. The zero-order valence-electron chi connectivity index (χ0n) is 17.8. The molecule has 0 radical (unpaired) electrons. The summed E-state index contributed by atoms with van der Waals surface area (Å²) < 4.78 is 17.9. The fourth-order valence-electron chi connectivity index (χ4n) is 2.81. The monoisotopic (exact) mass is 441 g/mol. The van der Waals surface area contributed by atoms with Crippen LogP contribution in [0, 0.1) is 5.82 Å². The number of thiophene rings is 1. The fourth-order valence-corrected chi connectivity index (χ4v) is 3.88. The summed E-state index contributed by atoms with van der Waals surface area (Å²) in [4.78, 5) is 32.5. The summed E-state index contributed by atoms with van der Waals surface area (Å²) in [6.07, 6.45) is 2.90. The number of amides is 1. The number of carbonyl (C=O) groups excluding carboxylic acids is 2. The third kappa shape index (κ3) is 5.53. The SMILES string of the molecule is COC(=O)c1sc2nc(CN(C)C(C)C)ccc2c1NC(=O)/C=C/c1ccc(F)cc1. The predicted octanol–water partition coefficient (Wildman–Crippen LogP) is 4.71. The normalized spacial score (nSPS) is 11.6. The summed E-state index contributed by atoms with van der Waals surface area (Å²) in [6, 6.07) is 9.89. The van der Waals surface area contributed by atoms with Crippen LogP contribution in [0.1, 0.15) is 34.8 Å². The molecule has 0 fully saturated rings. The van der Waals surface area contributed by atoms with Gasteiger partial charge in [-0.1, -0.05) is 12.1 Å². The van der Waals surface area contributed by atoms with Crippen molar-refractivity contribution in [3.8, 4) is 0 Å². The van der Waals surface area contributed by atoms with Crippen LogP contribution in [0.3, 0.4) is 0 Å². The van der Waals surface area contributed by atoms with Gasteiger partial charge in [0.05, 0.1) is 18.5 Å². The molecule has 1 amide bonds. The molecule has 0 spiro atoms. The van der Waals surface area contributed by atoms with E-state index in [1.165, 1.54) is 36.7 Å². The van der Waals surface area contributed by atoms with E-state index in [4.69, 9.17) is 4.74 Å². The van der Waals surface area contributed by atoms with E-state index in [0.29, 0.717) is 34.1 Å². The Morgan fingerprint density at radius 3 is 2.58 bits per heavy atom.